The first-order valence-corrected chi connectivity index (χ1v) is 6.38. The first kappa shape index (κ1) is 16.0. The van der Waals surface area contributed by atoms with Gasteiger partial charge in [-0.25, -0.2) is 13.8 Å². The van der Waals surface area contributed by atoms with E-state index in [2.05, 4.69) is 20.9 Å². The number of carbonyl (C=O) groups is 1. The number of hydrogen-bond acceptors (Lipinski definition) is 4. The fraction of sp³-hybridized carbons (Fsp3) is 0.500. The summed E-state index contributed by atoms with van der Waals surface area (Å²) in [5.74, 6) is -2.42. The maximum absolute atomic E-state index is 13.7. The van der Waals surface area contributed by atoms with E-state index in [-0.39, 0.29) is 16.6 Å². The minimum Gasteiger partial charge on any atom is -0.459 e. The van der Waals surface area contributed by atoms with Gasteiger partial charge in [0.1, 0.15) is 22.1 Å². The van der Waals surface area contributed by atoms with Crippen LogP contribution in [0.4, 0.5) is 8.78 Å². The SMILES string of the molecule is CC(C)(C)OC(=O)C(N)Cc1c(F)cnc(Br)c1F. The van der Waals surface area contributed by atoms with Crippen LogP contribution in [0, 0.1) is 11.6 Å². The molecule has 4 nitrogen and oxygen atoms in total. The van der Waals surface area contributed by atoms with Crippen molar-refractivity contribution >= 4 is 21.9 Å². The number of aromatic nitrogens is 1. The number of esters is 1. The lowest BCUT2D eigenvalue weighted by atomic mass is 10.1. The Morgan fingerprint density at radius 3 is 2.63 bits per heavy atom. The third kappa shape index (κ3) is 4.50. The predicted octanol–water partition coefficient (Wildman–Crippen LogP) is 2.33. The molecule has 1 aromatic rings. The fourth-order valence-corrected chi connectivity index (χ4v) is 1.69. The highest BCUT2D eigenvalue weighted by Crippen LogP contribution is 2.20. The maximum Gasteiger partial charge on any atom is 0.323 e. The number of pyridine rings is 1. The van der Waals surface area contributed by atoms with Crippen molar-refractivity contribution in [3.63, 3.8) is 0 Å². The van der Waals surface area contributed by atoms with Crippen LogP contribution in [0.25, 0.3) is 0 Å². The zero-order valence-corrected chi connectivity index (χ0v) is 12.4. The van der Waals surface area contributed by atoms with Crippen molar-refractivity contribution in [1.82, 2.24) is 4.98 Å². The standard InChI is InChI=1S/C12H15BrF2N2O2/c1-12(2,3)19-11(18)8(16)4-6-7(14)5-17-10(13)9(6)15/h5,8H,4,16H2,1-3H3. The van der Waals surface area contributed by atoms with Crippen molar-refractivity contribution in [3.05, 3.63) is 28.0 Å². The van der Waals surface area contributed by atoms with Crippen molar-refractivity contribution in [2.24, 2.45) is 5.73 Å². The van der Waals surface area contributed by atoms with Gasteiger partial charge in [0.05, 0.1) is 6.20 Å². The summed E-state index contributed by atoms with van der Waals surface area (Å²) in [5.41, 5.74) is 4.61. The quantitative estimate of drug-likeness (QED) is 0.679. The van der Waals surface area contributed by atoms with E-state index < -0.39 is 29.2 Å². The highest BCUT2D eigenvalue weighted by atomic mass is 79.9. The van der Waals surface area contributed by atoms with E-state index in [9.17, 15) is 13.6 Å². The third-order valence-corrected chi connectivity index (χ3v) is 2.71. The number of hydrogen-bond donors (Lipinski definition) is 1. The van der Waals surface area contributed by atoms with Gasteiger partial charge >= 0.3 is 5.97 Å². The molecule has 0 fully saturated rings. The molecule has 0 saturated carbocycles. The van der Waals surface area contributed by atoms with Crippen molar-refractivity contribution in [2.45, 2.75) is 38.8 Å². The molecule has 1 unspecified atom stereocenters. The first-order valence-electron chi connectivity index (χ1n) is 5.58. The smallest absolute Gasteiger partial charge is 0.323 e. The summed E-state index contributed by atoms with van der Waals surface area (Å²) in [6.07, 6.45) is 0.567. The first-order chi connectivity index (χ1) is 8.61. The van der Waals surface area contributed by atoms with Crippen molar-refractivity contribution in [3.8, 4) is 0 Å². The molecule has 0 radical (unpaired) electrons. The summed E-state index contributed by atoms with van der Waals surface area (Å²) < 4.78 is 32.0. The van der Waals surface area contributed by atoms with Gasteiger partial charge in [-0.2, -0.15) is 0 Å². The second-order valence-corrected chi connectivity index (χ2v) is 5.78. The zero-order chi connectivity index (χ0) is 14.8. The van der Waals surface area contributed by atoms with Gasteiger partial charge in [0.15, 0.2) is 5.82 Å². The third-order valence-electron chi connectivity index (χ3n) is 2.16. The van der Waals surface area contributed by atoms with Crippen LogP contribution in [0.2, 0.25) is 0 Å². The zero-order valence-electron chi connectivity index (χ0n) is 10.8. The molecule has 0 aliphatic carbocycles. The van der Waals surface area contributed by atoms with E-state index in [0.717, 1.165) is 6.20 Å². The molecule has 0 aromatic carbocycles. The van der Waals surface area contributed by atoms with E-state index >= 15 is 0 Å². The Hall–Kier alpha value is -1.08. The van der Waals surface area contributed by atoms with Crippen LogP contribution in [0.5, 0.6) is 0 Å². The van der Waals surface area contributed by atoms with Crippen molar-refractivity contribution in [2.75, 3.05) is 0 Å². The van der Waals surface area contributed by atoms with Crippen molar-refractivity contribution < 1.29 is 18.3 Å². The van der Waals surface area contributed by atoms with E-state index in [1.165, 1.54) is 0 Å². The van der Waals surface area contributed by atoms with E-state index in [1.54, 1.807) is 20.8 Å². The summed E-state index contributed by atoms with van der Waals surface area (Å²) in [4.78, 5) is 15.1. The molecule has 0 aliphatic rings. The lowest BCUT2D eigenvalue weighted by molar-refractivity contribution is -0.156. The number of nitrogens with two attached hydrogens (primary N) is 1. The Kier molecular flexibility index (Phi) is 4.98. The molecule has 0 spiro atoms. The average molecular weight is 337 g/mol. The van der Waals surface area contributed by atoms with Gasteiger partial charge in [-0.05, 0) is 36.7 Å². The maximum atomic E-state index is 13.7. The lowest BCUT2D eigenvalue weighted by Crippen LogP contribution is -2.39. The largest absolute Gasteiger partial charge is 0.459 e. The molecule has 1 atom stereocenters. The Labute approximate surface area is 118 Å². The van der Waals surface area contributed by atoms with E-state index in [0.29, 0.717) is 0 Å². The average Bonchev–Trinajstić information content (AvgIpc) is 2.27. The molecule has 1 rings (SSSR count). The number of carbonyl (C=O) groups excluding carboxylic acids is 1. The molecule has 0 bridgehead atoms. The second-order valence-electron chi connectivity index (χ2n) is 5.03. The minimum atomic E-state index is -1.14. The molecular weight excluding hydrogens is 322 g/mol. The Bertz CT molecular complexity index is 489. The van der Waals surface area contributed by atoms with Crippen LogP contribution in [0.15, 0.2) is 10.8 Å². The summed E-state index contributed by atoms with van der Waals surface area (Å²) in [7, 11) is 0. The molecule has 106 valence electrons. The molecule has 0 saturated heterocycles. The van der Waals surface area contributed by atoms with Crippen LogP contribution in [0.1, 0.15) is 26.3 Å². The number of ether oxygens (including phenoxy) is 1. The lowest BCUT2D eigenvalue weighted by Gasteiger charge is -2.22. The summed E-state index contributed by atoms with van der Waals surface area (Å²) in [6, 6.07) is -1.14. The normalized spacial score (nSPS) is 13.2. The topological polar surface area (TPSA) is 65.2 Å². The van der Waals surface area contributed by atoms with Crippen LogP contribution in [-0.2, 0) is 16.0 Å². The van der Waals surface area contributed by atoms with E-state index in [4.69, 9.17) is 10.5 Å². The number of nitrogens with zero attached hydrogens (tertiary/aromatic N) is 1. The molecule has 0 aliphatic heterocycles. The van der Waals surface area contributed by atoms with Crippen LogP contribution >= 0.6 is 15.9 Å². The molecule has 2 N–H and O–H groups in total. The highest BCUT2D eigenvalue weighted by Gasteiger charge is 2.25. The van der Waals surface area contributed by atoms with Gasteiger partial charge in [-0.15, -0.1) is 0 Å². The Morgan fingerprint density at radius 1 is 1.53 bits per heavy atom. The van der Waals surface area contributed by atoms with Crippen LogP contribution < -0.4 is 5.73 Å². The number of halogens is 3. The molecule has 19 heavy (non-hydrogen) atoms. The van der Waals surface area contributed by atoms with Gasteiger partial charge in [0.25, 0.3) is 0 Å². The predicted molar refractivity (Wildman–Crippen MR) is 69.4 cm³/mol. The van der Waals surface area contributed by atoms with Gasteiger partial charge in [0, 0.05) is 12.0 Å². The van der Waals surface area contributed by atoms with Crippen LogP contribution in [0.3, 0.4) is 0 Å². The molecule has 1 aromatic heterocycles. The van der Waals surface area contributed by atoms with Gasteiger partial charge in [-0.3, -0.25) is 4.79 Å². The summed E-state index contributed by atoms with van der Waals surface area (Å²) >= 11 is 2.85. The van der Waals surface area contributed by atoms with Gasteiger partial charge < -0.3 is 10.5 Å². The van der Waals surface area contributed by atoms with E-state index in [1.807, 2.05) is 0 Å². The molecule has 0 amide bonds. The molecular formula is C12H15BrF2N2O2. The monoisotopic (exact) mass is 336 g/mol. The summed E-state index contributed by atoms with van der Waals surface area (Å²) in [6.45, 7) is 5.05. The minimum absolute atomic E-state index is 0.125. The molecule has 1 heterocycles. The second kappa shape index (κ2) is 5.92. The highest BCUT2D eigenvalue weighted by molar-refractivity contribution is 9.10. The molecule has 7 heteroatoms. The Morgan fingerprint density at radius 2 is 2.11 bits per heavy atom. The number of rotatable bonds is 3. The Balaban J connectivity index is 2.86. The fourth-order valence-electron chi connectivity index (χ4n) is 1.35. The van der Waals surface area contributed by atoms with Gasteiger partial charge in [-0.1, -0.05) is 0 Å². The van der Waals surface area contributed by atoms with Crippen LogP contribution in [-0.4, -0.2) is 22.6 Å². The van der Waals surface area contributed by atoms with Crippen molar-refractivity contribution in [1.29, 1.82) is 0 Å². The van der Waals surface area contributed by atoms with Gasteiger partial charge in [0.2, 0.25) is 0 Å². The summed E-state index contributed by atoms with van der Waals surface area (Å²) in [5, 5.41) is 0.